The molecule has 1 aromatic rings. The van der Waals surface area contributed by atoms with Crippen molar-refractivity contribution in [2.45, 2.75) is 19.1 Å². The summed E-state index contributed by atoms with van der Waals surface area (Å²) >= 11 is 0. The summed E-state index contributed by atoms with van der Waals surface area (Å²) in [6.45, 7) is 3.89. The molecule has 2 nitrogen and oxygen atoms in total. The molecule has 2 rings (SSSR count). The van der Waals surface area contributed by atoms with Crippen LogP contribution in [0.3, 0.4) is 0 Å². The van der Waals surface area contributed by atoms with Crippen LogP contribution in [0.25, 0.3) is 0 Å². The molecule has 18 heavy (non-hydrogen) atoms. The summed E-state index contributed by atoms with van der Waals surface area (Å²) < 4.78 is 51.1. The van der Waals surface area contributed by atoms with Crippen molar-refractivity contribution < 1.29 is 17.6 Å². The van der Waals surface area contributed by atoms with Gasteiger partial charge in [-0.15, -0.1) is 0 Å². The molecule has 1 saturated heterocycles. The van der Waals surface area contributed by atoms with E-state index in [2.05, 4.69) is 5.32 Å². The summed E-state index contributed by atoms with van der Waals surface area (Å²) in [6.07, 6.45) is -4.51. The van der Waals surface area contributed by atoms with Gasteiger partial charge in [-0.05, 0) is 25.1 Å². The van der Waals surface area contributed by atoms with Gasteiger partial charge in [0.1, 0.15) is 5.82 Å². The number of halogens is 4. The molecule has 0 amide bonds. The fourth-order valence-electron chi connectivity index (χ4n) is 2.12. The Kier molecular flexibility index (Phi) is 3.47. The standard InChI is InChI=1S/C12H14F4N2/c1-8-7-17-4-5-18(8)11-3-2-9(6-10(11)13)12(14,15)16/h2-3,6,8,17H,4-5,7H2,1H3. The molecule has 1 aliphatic heterocycles. The maximum atomic E-state index is 13.8. The molecule has 100 valence electrons. The summed E-state index contributed by atoms with van der Waals surface area (Å²) in [5, 5.41) is 3.15. The maximum absolute atomic E-state index is 13.8. The van der Waals surface area contributed by atoms with Gasteiger partial charge in [0.05, 0.1) is 11.3 Å². The third-order valence-electron chi connectivity index (χ3n) is 3.09. The zero-order valence-corrected chi connectivity index (χ0v) is 9.89. The molecule has 6 heteroatoms. The SMILES string of the molecule is CC1CNCCN1c1ccc(C(F)(F)F)cc1F. The zero-order valence-electron chi connectivity index (χ0n) is 9.89. The van der Waals surface area contributed by atoms with Gasteiger partial charge in [-0.3, -0.25) is 0 Å². The lowest BCUT2D eigenvalue weighted by molar-refractivity contribution is -0.137. The van der Waals surface area contributed by atoms with E-state index in [-0.39, 0.29) is 11.7 Å². The molecule has 1 unspecified atom stereocenters. The van der Waals surface area contributed by atoms with Crippen LogP contribution in [0.15, 0.2) is 18.2 Å². The molecule has 0 aromatic heterocycles. The number of hydrogen-bond acceptors (Lipinski definition) is 2. The van der Waals surface area contributed by atoms with E-state index < -0.39 is 17.6 Å². The number of piperazine rings is 1. The summed E-state index contributed by atoms with van der Waals surface area (Å²) in [5.41, 5.74) is -0.719. The van der Waals surface area contributed by atoms with E-state index in [1.165, 1.54) is 6.07 Å². The monoisotopic (exact) mass is 262 g/mol. The topological polar surface area (TPSA) is 15.3 Å². The number of hydrogen-bond donors (Lipinski definition) is 1. The minimum absolute atomic E-state index is 0.0602. The van der Waals surface area contributed by atoms with Crippen molar-refractivity contribution >= 4 is 5.69 Å². The predicted molar refractivity (Wildman–Crippen MR) is 61.1 cm³/mol. The van der Waals surface area contributed by atoms with Crippen LogP contribution < -0.4 is 10.2 Å². The Labute approximate surface area is 103 Å². The first-order chi connectivity index (χ1) is 8.39. The van der Waals surface area contributed by atoms with Gasteiger partial charge >= 0.3 is 6.18 Å². The van der Waals surface area contributed by atoms with E-state index in [1.54, 1.807) is 4.90 Å². The van der Waals surface area contributed by atoms with E-state index in [4.69, 9.17) is 0 Å². The third kappa shape index (κ3) is 2.58. The van der Waals surface area contributed by atoms with E-state index in [0.29, 0.717) is 25.7 Å². The van der Waals surface area contributed by atoms with Crippen LogP contribution >= 0.6 is 0 Å². The van der Waals surface area contributed by atoms with Gasteiger partial charge in [0.15, 0.2) is 0 Å². The first kappa shape index (κ1) is 13.1. The van der Waals surface area contributed by atoms with Crippen molar-refractivity contribution in [2.24, 2.45) is 0 Å². The van der Waals surface area contributed by atoms with Gasteiger partial charge in [0, 0.05) is 25.7 Å². The average Bonchev–Trinajstić information content (AvgIpc) is 2.29. The largest absolute Gasteiger partial charge is 0.416 e. The fraction of sp³-hybridized carbons (Fsp3) is 0.500. The molecule has 1 heterocycles. The smallest absolute Gasteiger partial charge is 0.364 e. The van der Waals surface area contributed by atoms with Crippen molar-refractivity contribution in [1.29, 1.82) is 0 Å². The van der Waals surface area contributed by atoms with Crippen LogP contribution in [0.4, 0.5) is 23.2 Å². The van der Waals surface area contributed by atoms with Crippen LogP contribution in [-0.2, 0) is 6.18 Å². The number of nitrogens with zero attached hydrogens (tertiary/aromatic N) is 1. The molecule has 0 spiro atoms. The first-order valence-electron chi connectivity index (χ1n) is 5.73. The molecule has 0 saturated carbocycles. The lowest BCUT2D eigenvalue weighted by Crippen LogP contribution is -2.50. The Balaban J connectivity index is 2.29. The van der Waals surface area contributed by atoms with Gasteiger partial charge in [-0.25, -0.2) is 4.39 Å². The van der Waals surface area contributed by atoms with Crippen LogP contribution in [0.2, 0.25) is 0 Å². The second-order valence-electron chi connectivity index (χ2n) is 4.41. The summed E-state index contributed by atoms with van der Waals surface area (Å²) in [5.74, 6) is -0.821. The van der Waals surface area contributed by atoms with Crippen LogP contribution in [-0.4, -0.2) is 25.7 Å². The summed E-state index contributed by atoms with van der Waals surface area (Å²) in [6, 6.07) is 2.75. The molecule has 0 aliphatic carbocycles. The van der Waals surface area contributed by atoms with Crippen molar-refractivity contribution in [2.75, 3.05) is 24.5 Å². The van der Waals surface area contributed by atoms with Crippen molar-refractivity contribution in [3.63, 3.8) is 0 Å². The summed E-state index contributed by atoms with van der Waals surface area (Å²) in [7, 11) is 0. The van der Waals surface area contributed by atoms with Gasteiger partial charge in [0.25, 0.3) is 0 Å². The van der Waals surface area contributed by atoms with E-state index in [1.807, 2.05) is 6.92 Å². The number of anilines is 1. The highest BCUT2D eigenvalue weighted by atomic mass is 19.4. The highest BCUT2D eigenvalue weighted by Crippen LogP contribution is 2.32. The lowest BCUT2D eigenvalue weighted by atomic mass is 10.1. The Bertz CT molecular complexity index is 431. The van der Waals surface area contributed by atoms with E-state index >= 15 is 0 Å². The van der Waals surface area contributed by atoms with Crippen LogP contribution in [0.1, 0.15) is 12.5 Å². The molecular weight excluding hydrogens is 248 g/mol. The maximum Gasteiger partial charge on any atom is 0.416 e. The van der Waals surface area contributed by atoms with Crippen LogP contribution in [0.5, 0.6) is 0 Å². The first-order valence-corrected chi connectivity index (χ1v) is 5.73. The quantitative estimate of drug-likeness (QED) is 0.783. The second kappa shape index (κ2) is 4.76. The average molecular weight is 262 g/mol. The lowest BCUT2D eigenvalue weighted by Gasteiger charge is -2.36. The van der Waals surface area contributed by atoms with E-state index in [9.17, 15) is 17.6 Å². The van der Waals surface area contributed by atoms with Gasteiger partial charge in [-0.1, -0.05) is 0 Å². The van der Waals surface area contributed by atoms with Crippen LogP contribution in [0, 0.1) is 5.82 Å². The number of benzene rings is 1. The number of nitrogens with one attached hydrogen (secondary N) is 1. The van der Waals surface area contributed by atoms with Gasteiger partial charge in [-0.2, -0.15) is 13.2 Å². The molecule has 0 bridgehead atoms. The molecule has 1 atom stereocenters. The van der Waals surface area contributed by atoms with Crippen molar-refractivity contribution in [3.8, 4) is 0 Å². The number of alkyl halides is 3. The Morgan fingerprint density at radius 2 is 2.06 bits per heavy atom. The molecule has 1 N–H and O–H groups in total. The summed E-state index contributed by atoms with van der Waals surface area (Å²) in [4.78, 5) is 1.78. The van der Waals surface area contributed by atoms with Crippen molar-refractivity contribution in [3.05, 3.63) is 29.6 Å². The predicted octanol–water partition coefficient (Wildman–Crippen LogP) is 2.64. The Morgan fingerprint density at radius 1 is 1.33 bits per heavy atom. The third-order valence-corrected chi connectivity index (χ3v) is 3.09. The zero-order chi connectivity index (χ0) is 13.3. The Morgan fingerprint density at radius 3 is 2.61 bits per heavy atom. The molecule has 1 aliphatic rings. The normalized spacial score (nSPS) is 21.2. The van der Waals surface area contributed by atoms with Crippen molar-refractivity contribution in [1.82, 2.24) is 5.32 Å². The Hall–Kier alpha value is -1.30. The molecule has 0 radical (unpaired) electrons. The fourth-order valence-corrected chi connectivity index (χ4v) is 2.12. The molecular formula is C12H14F4N2. The minimum atomic E-state index is -4.51. The minimum Gasteiger partial charge on any atom is -0.364 e. The number of rotatable bonds is 1. The van der Waals surface area contributed by atoms with Gasteiger partial charge in [0.2, 0.25) is 0 Å². The highest BCUT2D eigenvalue weighted by molar-refractivity contribution is 5.51. The van der Waals surface area contributed by atoms with Gasteiger partial charge < -0.3 is 10.2 Å². The highest BCUT2D eigenvalue weighted by Gasteiger charge is 2.32. The molecule has 1 aromatic carbocycles. The van der Waals surface area contributed by atoms with E-state index in [0.717, 1.165) is 6.07 Å². The second-order valence-corrected chi connectivity index (χ2v) is 4.41. The molecule has 1 fully saturated rings.